The summed E-state index contributed by atoms with van der Waals surface area (Å²) in [6, 6.07) is 6.09. The third kappa shape index (κ3) is 2.73. The standard InChI is InChI=1S/C18H14BrN3O/c19-15-11-21-22-6-1-7-23-16-9-13(5-4-12-2-3-12)8-14(10-20)17(16)18(15)22/h8-9,11-12H,1-3,6-7H2. The van der Waals surface area contributed by atoms with Crippen LogP contribution < -0.4 is 4.74 Å². The normalized spacial score (nSPS) is 15.8. The Balaban J connectivity index is 1.91. The van der Waals surface area contributed by atoms with Crippen molar-refractivity contribution < 1.29 is 4.74 Å². The fourth-order valence-corrected chi connectivity index (χ4v) is 3.22. The van der Waals surface area contributed by atoms with E-state index in [0.717, 1.165) is 34.3 Å². The van der Waals surface area contributed by atoms with Gasteiger partial charge in [0.1, 0.15) is 11.8 Å². The molecule has 1 aliphatic carbocycles. The highest BCUT2D eigenvalue weighted by molar-refractivity contribution is 9.10. The Morgan fingerprint density at radius 3 is 3.00 bits per heavy atom. The molecular weight excluding hydrogens is 354 g/mol. The SMILES string of the molecule is N#Cc1cc(C#CC2CC2)cc2c1-c1c(Br)cnn1CCCO2. The smallest absolute Gasteiger partial charge is 0.131 e. The average molecular weight is 368 g/mol. The topological polar surface area (TPSA) is 50.8 Å². The summed E-state index contributed by atoms with van der Waals surface area (Å²) in [4.78, 5) is 0. The van der Waals surface area contributed by atoms with E-state index in [1.165, 1.54) is 12.8 Å². The highest BCUT2D eigenvalue weighted by atomic mass is 79.9. The lowest BCUT2D eigenvalue weighted by molar-refractivity contribution is 0.295. The molecule has 23 heavy (non-hydrogen) atoms. The Labute approximate surface area is 143 Å². The predicted octanol–water partition coefficient (Wildman–Crippen LogP) is 3.73. The number of halogens is 1. The number of hydrogen-bond donors (Lipinski definition) is 0. The maximum Gasteiger partial charge on any atom is 0.131 e. The molecule has 2 aromatic rings. The number of nitrogens with zero attached hydrogens (tertiary/aromatic N) is 3. The van der Waals surface area contributed by atoms with Gasteiger partial charge < -0.3 is 4.74 Å². The number of hydrogen-bond acceptors (Lipinski definition) is 3. The molecule has 1 aromatic carbocycles. The number of rotatable bonds is 0. The lowest BCUT2D eigenvalue weighted by atomic mass is 10.00. The molecule has 0 saturated heterocycles. The number of nitriles is 1. The summed E-state index contributed by atoms with van der Waals surface area (Å²) >= 11 is 3.55. The van der Waals surface area contributed by atoms with Crippen LogP contribution in [0.2, 0.25) is 0 Å². The number of aromatic nitrogens is 2. The first-order valence-corrected chi connectivity index (χ1v) is 8.49. The second-order valence-electron chi connectivity index (χ2n) is 5.82. The lowest BCUT2D eigenvalue weighted by Crippen LogP contribution is -2.12. The molecule has 0 unspecified atom stereocenters. The molecule has 1 saturated carbocycles. The molecular formula is C18H14BrN3O. The van der Waals surface area contributed by atoms with Gasteiger partial charge in [-0.1, -0.05) is 11.8 Å². The average Bonchev–Trinajstić information content (AvgIpc) is 3.30. The van der Waals surface area contributed by atoms with Crippen molar-refractivity contribution in [2.45, 2.75) is 25.8 Å². The Bertz CT molecular complexity index is 878. The molecule has 0 amide bonds. The van der Waals surface area contributed by atoms with Gasteiger partial charge in [0.25, 0.3) is 0 Å². The molecule has 1 aromatic heterocycles. The molecule has 4 nitrogen and oxygen atoms in total. The van der Waals surface area contributed by atoms with E-state index in [0.29, 0.717) is 23.8 Å². The minimum absolute atomic E-state index is 0.527. The number of fused-ring (bicyclic) bond motifs is 3. The van der Waals surface area contributed by atoms with E-state index >= 15 is 0 Å². The van der Waals surface area contributed by atoms with Gasteiger partial charge in [-0.25, -0.2) is 0 Å². The Morgan fingerprint density at radius 1 is 1.35 bits per heavy atom. The summed E-state index contributed by atoms with van der Waals surface area (Å²) in [6.45, 7) is 1.38. The molecule has 0 spiro atoms. The van der Waals surface area contributed by atoms with Gasteiger partial charge in [0, 0.05) is 24.4 Å². The van der Waals surface area contributed by atoms with Gasteiger partial charge >= 0.3 is 0 Å². The van der Waals surface area contributed by atoms with Crippen LogP contribution in [0, 0.1) is 29.1 Å². The van der Waals surface area contributed by atoms with Crippen molar-refractivity contribution in [3.05, 3.63) is 33.9 Å². The monoisotopic (exact) mass is 367 g/mol. The summed E-state index contributed by atoms with van der Waals surface area (Å²) in [5.74, 6) is 7.67. The van der Waals surface area contributed by atoms with Crippen LogP contribution in [0.15, 0.2) is 22.8 Å². The quantitative estimate of drug-likeness (QED) is 0.666. The molecule has 0 atom stereocenters. The number of benzene rings is 1. The van der Waals surface area contributed by atoms with Gasteiger partial charge in [-0.3, -0.25) is 4.68 Å². The largest absolute Gasteiger partial charge is 0.493 e. The van der Waals surface area contributed by atoms with E-state index in [9.17, 15) is 5.26 Å². The minimum atomic E-state index is 0.527. The maximum atomic E-state index is 9.63. The van der Waals surface area contributed by atoms with Crippen LogP contribution in [0.5, 0.6) is 5.75 Å². The van der Waals surface area contributed by atoms with Crippen LogP contribution in [-0.2, 0) is 6.54 Å². The lowest BCUT2D eigenvalue weighted by Gasteiger charge is -2.19. The van der Waals surface area contributed by atoms with Gasteiger partial charge in [0.2, 0.25) is 0 Å². The van der Waals surface area contributed by atoms with Gasteiger partial charge in [-0.2, -0.15) is 10.4 Å². The van der Waals surface area contributed by atoms with Crippen LogP contribution >= 0.6 is 15.9 Å². The zero-order valence-electron chi connectivity index (χ0n) is 12.5. The highest BCUT2D eigenvalue weighted by Gasteiger charge is 2.23. The molecule has 1 fully saturated rings. The van der Waals surface area contributed by atoms with Crippen LogP contribution in [0.1, 0.15) is 30.4 Å². The molecule has 2 aliphatic rings. The molecule has 114 valence electrons. The van der Waals surface area contributed by atoms with Crippen molar-refractivity contribution >= 4 is 15.9 Å². The number of ether oxygens (including phenoxy) is 1. The predicted molar refractivity (Wildman–Crippen MR) is 89.8 cm³/mol. The van der Waals surface area contributed by atoms with Crippen LogP contribution in [0.25, 0.3) is 11.3 Å². The number of aryl methyl sites for hydroxylation is 1. The third-order valence-corrected chi connectivity index (χ3v) is 4.60. The summed E-state index contributed by atoms with van der Waals surface area (Å²) in [6.07, 6.45) is 5.02. The molecule has 0 N–H and O–H groups in total. The van der Waals surface area contributed by atoms with Crippen molar-refractivity contribution in [3.63, 3.8) is 0 Å². The minimum Gasteiger partial charge on any atom is -0.493 e. The first-order valence-electron chi connectivity index (χ1n) is 7.70. The van der Waals surface area contributed by atoms with Crippen molar-refractivity contribution in [2.75, 3.05) is 6.61 Å². The zero-order valence-corrected chi connectivity index (χ0v) is 14.1. The van der Waals surface area contributed by atoms with Crippen LogP contribution in [-0.4, -0.2) is 16.4 Å². The summed E-state index contributed by atoms with van der Waals surface area (Å²) < 4.78 is 8.74. The van der Waals surface area contributed by atoms with E-state index in [1.807, 2.05) is 16.8 Å². The van der Waals surface area contributed by atoms with Gasteiger partial charge in [-0.05, 0) is 40.9 Å². The van der Waals surface area contributed by atoms with E-state index < -0.39 is 0 Å². The first kappa shape index (κ1) is 14.4. The van der Waals surface area contributed by atoms with Gasteiger partial charge in [0.05, 0.1) is 34.1 Å². The van der Waals surface area contributed by atoms with E-state index in [4.69, 9.17) is 4.74 Å². The molecule has 4 rings (SSSR count). The molecule has 0 bridgehead atoms. The van der Waals surface area contributed by atoms with Crippen LogP contribution in [0.3, 0.4) is 0 Å². The first-order chi connectivity index (χ1) is 11.3. The Hall–Kier alpha value is -2.24. The second kappa shape index (κ2) is 5.76. The fourth-order valence-electron chi connectivity index (χ4n) is 2.72. The third-order valence-electron chi connectivity index (χ3n) is 4.02. The molecule has 1 aliphatic heterocycles. The Morgan fingerprint density at radius 2 is 2.22 bits per heavy atom. The summed E-state index contributed by atoms with van der Waals surface area (Å²) in [7, 11) is 0. The van der Waals surface area contributed by atoms with Gasteiger partial charge in [-0.15, -0.1) is 0 Å². The van der Waals surface area contributed by atoms with Crippen molar-refractivity contribution in [1.82, 2.24) is 9.78 Å². The van der Waals surface area contributed by atoms with Crippen molar-refractivity contribution in [3.8, 4) is 34.9 Å². The van der Waals surface area contributed by atoms with Crippen LogP contribution in [0.4, 0.5) is 0 Å². The molecule has 0 radical (unpaired) electrons. The van der Waals surface area contributed by atoms with E-state index in [1.54, 1.807) is 6.20 Å². The maximum absolute atomic E-state index is 9.63. The summed E-state index contributed by atoms with van der Waals surface area (Å²) in [5, 5.41) is 14.0. The van der Waals surface area contributed by atoms with E-state index in [2.05, 4.69) is 38.9 Å². The fraction of sp³-hybridized carbons (Fsp3) is 0.333. The van der Waals surface area contributed by atoms with Crippen molar-refractivity contribution in [1.29, 1.82) is 5.26 Å². The Kier molecular flexibility index (Phi) is 3.59. The zero-order chi connectivity index (χ0) is 15.8. The van der Waals surface area contributed by atoms with E-state index in [-0.39, 0.29) is 0 Å². The van der Waals surface area contributed by atoms with Crippen molar-refractivity contribution in [2.24, 2.45) is 5.92 Å². The summed E-state index contributed by atoms with van der Waals surface area (Å²) in [5.41, 5.74) is 3.12. The molecule has 2 heterocycles. The highest BCUT2D eigenvalue weighted by Crippen LogP contribution is 2.39. The van der Waals surface area contributed by atoms with Gasteiger partial charge in [0.15, 0.2) is 0 Å². The second-order valence-corrected chi connectivity index (χ2v) is 6.67. The molecule has 5 heteroatoms.